The molecular weight excluding hydrogens is 190 g/mol. The second-order valence-electron chi connectivity index (χ2n) is 3.86. The minimum atomic E-state index is 0.504. The molecule has 0 saturated carbocycles. The number of rotatable bonds is 3. The van der Waals surface area contributed by atoms with Gasteiger partial charge in [0.05, 0.1) is 0 Å². The molecule has 0 spiro atoms. The number of hydrogen-bond acceptors (Lipinski definition) is 5. The topological polar surface area (TPSA) is 75.9 Å². The molecule has 1 aromatic heterocycles. The first-order valence-corrected chi connectivity index (χ1v) is 5.39. The Balaban J connectivity index is 1.81. The first kappa shape index (κ1) is 10.2. The van der Waals surface area contributed by atoms with Crippen molar-refractivity contribution in [2.45, 2.75) is 25.3 Å². The fourth-order valence-electron chi connectivity index (χ4n) is 1.80. The molecule has 0 bridgehead atoms. The molecule has 4 N–H and O–H groups in total. The van der Waals surface area contributed by atoms with Crippen LogP contribution < -0.4 is 16.4 Å². The van der Waals surface area contributed by atoms with Gasteiger partial charge in [-0.2, -0.15) is 0 Å². The van der Waals surface area contributed by atoms with Gasteiger partial charge in [0.15, 0.2) is 0 Å². The van der Waals surface area contributed by atoms with Crippen LogP contribution in [0.3, 0.4) is 0 Å². The van der Waals surface area contributed by atoms with Crippen molar-refractivity contribution in [1.82, 2.24) is 15.3 Å². The third-order valence-corrected chi connectivity index (χ3v) is 2.63. The first-order valence-electron chi connectivity index (χ1n) is 5.39. The number of nitrogens with two attached hydrogens (primary N) is 1. The second kappa shape index (κ2) is 4.93. The molecule has 0 aromatic carbocycles. The SMILES string of the molecule is Nc1cc(NCC2CCCCN2)ncn1. The van der Waals surface area contributed by atoms with Crippen LogP contribution in [0.2, 0.25) is 0 Å². The summed E-state index contributed by atoms with van der Waals surface area (Å²) in [6, 6.07) is 2.30. The second-order valence-corrected chi connectivity index (χ2v) is 3.86. The zero-order valence-corrected chi connectivity index (χ0v) is 8.74. The highest BCUT2D eigenvalue weighted by atomic mass is 15.1. The zero-order chi connectivity index (χ0) is 10.5. The van der Waals surface area contributed by atoms with E-state index >= 15 is 0 Å². The summed E-state index contributed by atoms with van der Waals surface area (Å²) in [6.45, 7) is 2.02. The van der Waals surface area contributed by atoms with E-state index in [4.69, 9.17) is 5.73 Å². The predicted octanol–water partition coefficient (Wildman–Crippen LogP) is 0.613. The lowest BCUT2D eigenvalue weighted by Gasteiger charge is -2.23. The van der Waals surface area contributed by atoms with E-state index in [1.807, 2.05) is 0 Å². The van der Waals surface area contributed by atoms with Crippen molar-refractivity contribution >= 4 is 11.6 Å². The van der Waals surface area contributed by atoms with Gasteiger partial charge in [-0.1, -0.05) is 6.42 Å². The molecule has 0 aliphatic carbocycles. The van der Waals surface area contributed by atoms with Gasteiger partial charge >= 0.3 is 0 Å². The highest BCUT2D eigenvalue weighted by Gasteiger charge is 2.11. The maximum atomic E-state index is 5.56. The molecule has 1 fully saturated rings. The smallest absolute Gasteiger partial charge is 0.131 e. The molecule has 5 heteroatoms. The lowest BCUT2D eigenvalue weighted by molar-refractivity contribution is 0.414. The van der Waals surface area contributed by atoms with E-state index in [0.29, 0.717) is 11.9 Å². The van der Waals surface area contributed by atoms with Crippen LogP contribution in [0.1, 0.15) is 19.3 Å². The highest BCUT2D eigenvalue weighted by molar-refractivity contribution is 5.43. The van der Waals surface area contributed by atoms with Crippen LogP contribution in [0.5, 0.6) is 0 Å². The highest BCUT2D eigenvalue weighted by Crippen LogP contribution is 2.09. The summed E-state index contributed by atoms with van der Waals surface area (Å²) in [6.07, 6.45) is 5.31. The van der Waals surface area contributed by atoms with Crippen molar-refractivity contribution in [2.75, 3.05) is 24.1 Å². The lowest BCUT2D eigenvalue weighted by atomic mass is 10.1. The van der Waals surface area contributed by atoms with Crippen molar-refractivity contribution in [3.05, 3.63) is 12.4 Å². The van der Waals surface area contributed by atoms with Gasteiger partial charge in [-0.15, -0.1) is 0 Å². The first-order chi connectivity index (χ1) is 7.34. The molecule has 15 heavy (non-hydrogen) atoms. The van der Waals surface area contributed by atoms with E-state index in [0.717, 1.165) is 18.9 Å². The summed E-state index contributed by atoms with van der Waals surface area (Å²) in [5.74, 6) is 1.30. The molecule has 82 valence electrons. The van der Waals surface area contributed by atoms with Gasteiger partial charge in [-0.25, -0.2) is 9.97 Å². The largest absolute Gasteiger partial charge is 0.384 e. The Morgan fingerprint density at radius 2 is 2.40 bits per heavy atom. The lowest BCUT2D eigenvalue weighted by Crippen LogP contribution is -2.39. The fraction of sp³-hybridized carbons (Fsp3) is 0.600. The average Bonchev–Trinajstić information content (AvgIpc) is 2.28. The number of hydrogen-bond donors (Lipinski definition) is 3. The van der Waals surface area contributed by atoms with Gasteiger partial charge in [0, 0.05) is 18.7 Å². The Morgan fingerprint density at radius 3 is 3.13 bits per heavy atom. The van der Waals surface area contributed by atoms with Gasteiger partial charge in [0.1, 0.15) is 18.0 Å². The summed E-state index contributed by atoms with van der Waals surface area (Å²) in [5.41, 5.74) is 5.56. The minimum absolute atomic E-state index is 0.504. The Hall–Kier alpha value is -1.36. The molecule has 0 radical (unpaired) electrons. The molecule has 5 nitrogen and oxygen atoms in total. The third-order valence-electron chi connectivity index (χ3n) is 2.63. The summed E-state index contributed by atoms with van der Waals surface area (Å²) in [7, 11) is 0. The summed E-state index contributed by atoms with van der Waals surface area (Å²) in [4.78, 5) is 7.94. The quantitative estimate of drug-likeness (QED) is 0.677. The number of anilines is 2. The van der Waals surface area contributed by atoms with E-state index in [1.54, 1.807) is 6.07 Å². The summed E-state index contributed by atoms with van der Waals surface area (Å²) < 4.78 is 0. The van der Waals surface area contributed by atoms with Gasteiger partial charge in [0.25, 0.3) is 0 Å². The van der Waals surface area contributed by atoms with Crippen LogP contribution in [0.25, 0.3) is 0 Å². The van der Waals surface area contributed by atoms with Gasteiger partial charge < -0.3 is 16.4 Å². The molecular formula is C10H17N5. The number of aromatic nitrogens is 2. The molecule has 2 heterocycles. The van der Waals surface area contributed by atoms with Crippen molar-refractivity contribution in [3.8, 4) is 0 Å². The van der Waals surface area contributed by atoms with Gasteiger partial charge in [-0.3, -0.25) is 0 Å². The number of piperidine rings is 1. The Bertz CT molecular complexity index is 308. The predicted molar refractivity (Wildman–Crippen MR) is 60.6 cm³/mol. The molecule has 0 amide bonds. The Labute approximate surface area is 89.5 Å². The van der Waals surface area contributed by atoms with Crippen molar-refractivity contribution in [3.63, 3.8) is 0 Å². The van der Waals surface area contributed by atoms with E-state index in [1.165, 1.54) is 25.6 Å². The maximum absolute atomic E-state index is 5.56. The number of nitrogens with one attached hydrogen (secondary N) is 2. The standard InChI is InChI=1S/C10H17N5/c11-9-5-10(15-7-14-9)13-6-8-3-1-2-4-12-8/h5,7-8,12H,1-4,6H2,(H3,11,13,14,15). The van der Waals surface area contributed by atoms with E-state index < -0.39 is 0 Å². The van der Waals surface area contributed by atoms with Crippen LogP contribution in [0, 0.1) is 0 Å². The maximum Gasteiger partial charge on any atom is 0.131 e. The monoisotopic (exact) mass is 207 g/mol. The zero-order valence-electron chi connectivity index (χ0n) is 8.74. The molecule has 1 aliphatic heterocycles. The molecule has 2 rings (SSSR count). The Kier molecular flexibility index (Phi) is 3.34. The van der Waals surface area contributed by atoms with Crippen LogP contribution in [0.15, 0.2) is 12.4 Å². The molecule has 1 atom stereocenters. The summed E-state index contributed by atoms with van der Waals surface area (Å²) in [5, 5.41) is 6.73. The van der Waals surface area contributed by atoms with Crippen molar-refractivity contribution in [1.29, 1.82) is 0 Å². The van der Waals surface area contributed by atoms with Crippen LogP contribution in [0.4, 0.5) is 11.6 Å². The average molecular weight is 207 g/mol. The van der Waals surface area contributed by atoms with E-state index in [2.05, 4.69) is 20.6 Å². The van der Waals surface area contributed by atoms with Gasteiger partial charge in [-0.05, 0) is 19.4 Å². The summed E-state index contributed by atoms with van der Waals surface area (Å²) >= 11 is 0. The minimum Gasteiger partial charge on any atom is -0.384 e. The third kappa shape index (κ3) is 3.06. The van der Waals surface area contributed by atoms with Crippen molar-refractivity contribution < 1.29 is 0 Å². The molecule has 1 unspecified atom stereocenters. The normalized spacial score (nSPS) is 21.2. The van der Waals surface area contributed by atoms with E-state index in [-0.39, 0.29) is 0 Å². The van der Waals surface area contributed by atoms with Crippen molar-refractivity contribution in [2.24, 2.45) is 0 Å². The van der Waals surface area contributed by atoms with Crippen LogP contribution in [-0.4, -0.2) is 29.1 Å². The molecule has 1 aromatic rings. The fourth-order valence-corrected chi connectivity index (χ4v) is 1.80. The number of nitrogens with zero attached hydrogens (tertiary/aromatic N) is 2. The molecule has 1 aliphatic rings. The van der Waals surface area contributed by atoms with E-state index in [9.17, 15) is 0 Å². The number of nitrogen functional groups attached to an aromatic ring is 1. The van der Waals surface area contributed by atoms with Gasteiger partial charge in [0.2, 0.25) is 0 Å². The molecule has 1 saturated heterocycles. The van der Waals surface area contributed by atoms with Crippen LogP contribution >= 0.6 is 0 Å². The van der Waals surface area contributed by atoms with Crippen LogP contribution in [-0.2, 0) is 0 Å². The Morgan fingerprint density at radius 1 is 1.47 bits per heavy atom.